The highest BCUT2D eigenvalue weighted by molar-refractivity contribution is 6.33. The van der Waals surface area contributed by atoms with Crippen molar-refractivity contribution >= 4 is 11.6 Å². The standard InChI is InChI=1S/C24H31ClO9/c1-30-24(23(33-34-24)13-6-11-5-12(8-13)9-14(23)7-11)15-3-2-4-16(18(15)25)31-22-21(29)20(28)19(27)17(10-26)32-22/h2-4,11-14,17,19-22,26-29H,5-10H2,1H3/t11?,12?,13?,14?,17-,19+,20+,21-,22-,23?,24?/m1/s1. The molecule has 2 heterocycles. The summed E-state index contributed by atoms with van der Waals surface area (Å²) in [5.74, 6) is 1.06. The summed E-state index contributed by atoms with van der Waals surface area (Å²) in [7, 11) is 1.59. The fourth-order valence-corrected chi connectivity index (χ4v) is 7.77. The molecule has 188 valence electrons. The summed E-state index contributed by atoms with van der Waals surface area (Å²) in [4.78, 5) is 11.8. The Morgan fingerprint density at radius 1 is 0.971 bits per heavy atom. The molecule has 2 saturated heterocycles. The first kappa shape index (κ1) is 23.4. The van der Waals surface area contributed by atoms with Crippen LogP contribution in [0.25, 0.3) is 0 Å². The highest BCUT2D eigenvalue weighted by Gasteiger charge is 2.77. The highest BCUT2D eigenvalue weighted by Crippen LogP contribution is 2.70. The van der Waals surface area contributed by atoms with E-state index in [4.69, 9.17) is 35.6 Å². The molecule has 0 aromatic heterocycles. The number of aliphatic hydroxyl groups is 4. The molecule has 10 heteroatoms. The van der Waals surface area contributed by atoms with Gasteiger partial charge in [-0.2, -0.15) is 4.89 Å². The maximum Gasteiger partial charge on any atom is 0.262 e. The maximum absolute atomic E-state index is 10.4. The van der Waals surface area contributed by atoms with Gasteiger partial charge in [0.05, 0.1) is 11.6 Å². The van der Waals surface area contributed by atoms with E-state index >= 15 is 0 Å². The number of hydrogen-bond donors (Lipinski definition) is 4. The van der Waals surface area contributed by atoms with Crippen LogP contribution in [0.4, 0.5) is 0 Å². The molecule has 4 aliphatic carbocycles. The molecular weight excluding hydrogens is 468 g/mol. The number of rotatable bonds is 5. The van der Waals surface area contributed by atoms with Gasteiger partial charge in [-0.3, -0.25) is 0 Å². The van der Waals surface area contributed by atoms with Crippen LogP contribution in [-0.2, 0) is 25.0 Å². The Bertz CT molecular complexity index is 909. The van der Waals surface area contributed by atoms with Gasteiger partial charge in [0.1, 0.15) is 30.2 Å². The molecule has 1 aromatic carbocycles. The summed E-state index contributed by atoms with van der Waals surface area (Å²) in [5.41, 5.74) is -0.0573. The van der Waals surface area contributed by atoms with E-state index in [1.807, 2.05) is 6.07 Å². The lowest BCUT2D eigenvalue weighted by molar-refractivity contribution is -0.645. The zero-order chi connectivity index (χ0) is 23.8. The summed E-state index contributed by atoms with van der Waals surface area (Å²) < 4.78 is 17.4. The number of benzene rings is 1. The van der Waals surface area contributed by atoms with Crippen LogP contribution in [0, 0.1) is 23.7 Å². The number of halogens is 1. The molecule has 1 aromatic rings. The lowest BCUT2D eigenvalue weighted by Gasteiger charge is -2.68. The molecular formula is C24H31ClO9. The molecule has 1 spiro atoms. The molecule has 9 nitrogen and oxygen atoms in total. The van der Waals surface area contributed by atoms with E-state index in [0.29, 0.717) is 17.4 Å². The minimum absolute atomic E-state index is 0.189. The molecule has 6 atom stereocenters. The predicted molar refractivity (Wildman–Crippen MR) is 116 cm³/mol. The number of hydrogen-bond acceptors (Lipinski definition) is 9. The van der Waals surface area contributed by atoms with Crippen molar-refractivity contribution in [3.63, 3.8) is 0 Å². The zero-order valence-corrected chi connectivity index (χ0v) is 19.6. The normalized spacial score (nSPS) is 49.3. The Kier molecular flexibility index (Phi) is 5.68. The second-order valence-corrected chi connectivity index (χ2v) is 10.9. The van der Waals surface area contributed by atoms with Crippen molar-refractivity contribution in [2.75, 3.05) is 13.7 Å². The average molecular weight is 499 g/mol. The summed E-state index contributed by atoms with van der Waals surface area (Å²) in [6.45, 7) is -0.552. The second-order valence-electron chi connectivity index (χ2n) is 10.5. The van der Waals surface area contributed by atoms with E-state index in [2.05, 4.69) is 0 Å². The van der Waals surface area contributed by atoms with Crippen LogP contribution in [0.1, 0.15) is 37.7 Å². The van der Waals surface area contributed by atoms with Crippen molar-refractivity contribution in [2.45, 2.75) is 74.2 Å². The first-order valence-corrected chi connectivity index (χ1v) is 12.4. The maximum atomic E-state index is 10.4. The third-order valence-electron chi connectivity index (χ3n) is 8.86. The number of ether oxygens (including phenoxy) is 3. The van der Waals surface area contributed by atoms with Gasteiger partial charge in [-0.15, -0.1) is 0 Å². The summed E-state index contributed by atoms with van der Waals surface area (Å²) >= 11 is 6.84. The zero-order valence-electron chi connectivity index (χ0n) is 18.9. The SMILES string of the molecule is COC1(c2cccc(O[C@@H]3O[C@H](CO)[C@H](O)[C@H](O)[C@H]3O)c2Cl)OOC12C1CC3CC(C1)CC2C3. The van der Waals surface area contributed by atoms with Gasteiger partial charge in [0, 0.05) is 12.7 Å². The highest BCUT2D eigenvalue weighted by atomic mass is 35.5. The van der Waals surface area contributed by atoms with Crippen LogP contribution in [0.2, 0.25) is 5.02 Å². The van der Waals surface area contributed by atoms with Crippen LogP contribution in [-0.4, -0.2) is 70.4 Å². The van der Waals surface area contributed by atoms with E-state index in [1.165, 1.54) is 6.42 Å². The van der Waals surface area contributed by atoms with Gasteiger partial charge in [0.25, 0.3) is 5.79 Å². The molecule has 1 unspecified atom stereocenters. The first-order valence-electron chi connectivity index (χ1n) is 12.0. The Morgan fingerprint density at radius 3 is 2.21 bits per heavy atom. The molecule has 4 N–H and O–H groups in total. The van der Waals surface area contributed by atoms with Crippen molar-refractivity contribution < 1.29 is 44.4 Å². The van der Waals surface area contributed by atoms with Crippen molar-refractivity contribution in [3.8, 4) is 5.75 Å². The topological polar surface area (TPSA) is 127 Å². The van der Waals surface area contributed by atoms with Crippen LogP contribution in [0.5, 0.6) is 5.75 Å². The fraction of sp³-hybridized carbons (Fsp3) is 0.750. The predicted octanol–water partition coefficient (Wildman–Crippen LogP) is 1.47. The van der Waals surface area contributed by atoms with Crippen LogP contribution >= 0.6 is 11.6 Å². The van der Waals surface area contributed by atoms with Crippen LogP contribution in [0.15, 0.2) is 18.2 Å². The third kappa shape index (κ3) is 3.02. The van der Waals surface area contributed by atoms with Crippen LogP contribution in [0.3, 0.4) is 0 Å². The Morgan fingerprint density at radius 2 is 1.65 bits per heavy atom. The monoisotopic (exact) mass is 498 g/mol. The minimum Gasteiger partial charge on any atom is -0.460 e. The minimum atomic E-state index is -1.55. The Balaban J connectivity index is 1.33. The molecule has 6 fully saturated rings. The summed E-state index contributed by atoms with van der Waals surface area (Å²) in [6, 6.07) is 5.17. The second kappa shape index (κ2) is 8.26. The van der Waals surface area contributed by atoms with Gasteiger partial charge in [-0.1, -0.05) is 23.7 Å². The Hall–Kier alpha value is -1.01. The quantitative estimate of drug-likeness (QED) is 0.446. The third-order valence-corrected chi connectivity index (χ3v) is 9.25. The van der Waals surface area contributed by atoms with Crippen molar-refractivity contribution in [3.05, 3.63) is 28.8 Å². The van der Waals surface area contributed by atoms with Crippen LogP contribution < -0.4 is 4.74 Å². The van der Waals surface area contributed by atoms with Gasteiger partial charge >= 0.3 is 0 Å². The molecule has 2 aliphatic heterocycles. The van der Waals surface area contributed by atoms with E-state index in [0.717, 1.165) is 37.5 Å². The molecule has 4 bridgehead atoms. The molecule has 7 rings (SSSR count). The van der Waals surface area contributed by atoms with Gasteiger partial charge in [-0.05, 0) is 61.8 Å². The largest absolute Gasteiger partial charge is 0.460 e. The molecule has 0 radical (unpaired) electrons. The fourth-order valence-electron chi connectivity index (χ4n) is 7.48. The number of aliphatic hydroxyl groups excluding tert-OH is 4. The van der Waals surface area contributed by atoms with Crippen molar-refractivity contribution in [1.82, 2.24) is 0 Å². The van der Waals surface area contributed by atoms with E-state index in [9.17, 15) is 20.4 Å². The molecule has 4 saturated carbocycles. The van der Waals surface area contributed by atoms with Gasteiger partial charge in [-0.25, -0.2) is 4.89 Å². The Labute approximate surface area is 202 Å². The number of methoxy groups -OCH3 is 1. The van der Waals surface area contributed by atoms with Crippen molar-refractivity contribution in [1.29, 1.82) is 0 Å². The molecule has 0 amide bonds. The van der Waals surface area contributed by atoms with E-state index in [1.54, 1.807) is 19.2 Å². The first-order chi connectivity index (χ1) is 16.3. The van der Waals surface area contributed by atoms with E-state index in [-0.39, 0.29) is 10.8 Å². The lowest BCUT2D eigenvalue weighted by atomic mass is 9.47. The summed E-state index contributed by atoms with van der Waals surface area (Å²) in [5, 5.41) is 40.2. The molecule has 6 aliphatic rings. The summed E-state index contributed by atoms with van der Waals surface area (Å²) in [6.07, 6.45) is -1.38. The molecule has 34 heavy (non-hydrogen) atoms. The lowest BCUT2D eigenvalue weighted by Crippen LogP contribution is -2.76. The smallest absolute Gasteiger partial charge is 0.262 e. The van der Waals surface area contributed by atoms with Gasteiger partial charge in [0.2, 0.25) is 6.29 Å². The van der Waals surface area contributed by atoms with Crippen molar-refractivity contribution in [2.24, 2.45) is 23.7 Å². The van der Waals surface area contributed by atoms with Gasteiger partial charge < -0.3 is 34.6 Å². The van der Waals surface area contributed by atoms with Gasteiger partial charge in [0.15, 0.2) is 5.60 Å². The average Bonchev–Trinajstić information content (AvgIpc) is 2.81. The van der Waals surface area contributed by atoms with E-state index < -0.39 is 48.7 Å².